The lowest BCUT2D eigenvalue weighted by atomic mass is 10.1. The minimum absolute atomic E-state index is 0.0763. The zero-order valence-electron chi connectivity index (χ0n) is 12.3. The molecule has 1 aromatic rings. The zero-order chi connectivity index (χ0) is 16.2. The molecule has 1 rings (SSSR count). The number of nitrogens with one attached hydrogen (secondary N) is 1. The van der Waals surface area contributed by atoms with E-state index in [0.717, 1.165) is 21.7 Å². The monoisotopic (exact) mass is 330 g/mol. The summed E-state index contributed by atoms with van der Waals surface area (Å²) in [6, 6.07) is 3.63. The van der Waals surface area contributed by atoms with Crippen molar-refractivity contribution in [3.8, 4) is 0 Å². The first-order chi connectivity index (χ1) is 9.65. The van der Waals surface area contributed by atoms with Crippen molar-refractivity contribution in [2.24, 2.45) is 0 Å². The van der Waals surface area contributed by atoms with E-state index >= 15 is 0 Å². The van der Waals surface area contributed by atoms with Crippen LogP contribution in [0.15, 0.2) is 24.8 Å². The Morgan fingerprint density at radius 1 is 1.43 bits per heavy atom. The second kappa shape index (κ2) is 7.06. The summed E-state index contributed by atoms with van der Waals surface area (Å²) in [5.74, 6) is -0.448. The molecule has 0 heterocycles. The third-order valence-electron chi connectivity index (χ3n) is 2.82. The molecule has 116 valence electrons. The largest absolute Gasteiger partial charge is 0.323 e. The smallest absolute Gasteiger partial charge is 0.239 e. The van der Waals surface area contributed by atoms with Crippen LogP contribution in [0.25, 0.3) is 0 Å². The molecule has 0 aliphatic heterocycles. The van der Waals surface area contributed by atoms with Gasteiger partial charge in [0.1, 0.15) is 0 Å². The molecule has 0 aromatic heterocycles. The Morgan fingerprint density at radius 3 is 2.52 bits per heavy atom. The normalized spacial score (nSPS) is 11.5. The van der Waals surface area contributed by atoms with E-state index in [-0.39, 0.29) is 13.1 Å². The van der Waals surface area contributed by atoms with Gasteiger partial charge in [0.15, 0.2) is 0 Å². The van der Waals surface area contributed by atoms with Crippen LogP contribution >= 0.6 is 11.6 Å². The van der Waals surface area contributed by atoms with Gasteiger partial charge in [0.25, 0.3) is 0 Å². The van der Waals surface area contributed by atoms with Gasteiger partial charge in [-0.15, -0.1) is 6.58 Å². The third kappa shape index (κ3) is 5.15. The number of halogens is 1. The number of amides is 1. The molecule has 0 aliphatic rings. The maximum atomic E-state index is 12.0. The van der Waals surface area contributed by atoms with Gasteiger partial charge in [-0.1, -0.05) is 23.7 Å². The maximum Gasteiger partial charge on any atom is 0.239 e. The van der Waals surface area contributed by atoms with Crippen LogP contribution in [-0.4, -0.2) is 38.0 Å². The molecule has 0 saturated carbocycles. The number of hydrogen-bond acceptors (Lipinski definition) is 3. The molecule has 0 saturated heterocycles. The van der Waals surface area contributed by atoms with Gasteiger partial charge in [-0.2, -0.15) is 4.31 Å². The molecule has 5 nitrogen and oxygen atoms in total. The van der Waals surface area contributed by atoms with Crippen LogP contribution in [0.1, 0.15) is 11.1 Å². The van der Waals surface area contributed by atoms with Crippen LogP contribution in [0.4, 0.5) is 5.69 Å². The summed E-state index contributed by atoms with van der Waals surface area (Å²) in [5.41, 5.74) is 2.31. The Balaban J connectivity index is 2.89. The first kappa shape index (κ1) is 17.7. The highest BCUT2D eigenvalue weighted by Crippen LogP contribution is 2.27. The molecule has 1 N–H and O–H groups in total. The number of sulfonamides is 1. The van der Waals surface area contributed by atoms with Crippen molar-refractivity contribution >= 4 is 33.2 Å². The quantitative estimate of drug-likeness (QED) is 0.814. The maximum absolute atomic E-state index is 12.0. The highest BCUT2D eigenvalue weighted by molar-refractivity contribution is 7.88. The van der Waals surface area contributed by atoms with E-state index in [1.165, 1.54) is 6.08 Å². The van der Waals surface area contributed by atoms with E-state index in [2.05, 4.69) is 11.9 Å². The van der Waals surface area contributed by atoms with Crippen molar-refractivity contribution < 1.29 is 13.2 Å². The summed E-state index contributed by atoms with van der Waals surface area (Å²) in [7, 11) is -3.47. The minimum Gasteiger partial charge on any atom is -0.323 e. The van der Waals surface area contributed by atoms with Crippen molar-refractivity contribution in [2.75, 3.05) is 24.7 Å². The molecule has 1 aromatic carbocycles. The van der Waals surface area contributed by atoms with E-state index in [1.54, 1.807) is 6.07 Å². The van der Waals surface area contributed by atoms with E-state index in [0.29, 0.717) is 10.7 Å². The second-order valence-corrected chi connectivity index (χ2v) is 7.22. The predicted octanol–water partition coefficient (Wildman–Crippen LogP) is 2.34. The predicted molar refractivity (Wildman–Crippen MR) is 86.2 cm³/mol. The fraction of sp³-hybridized carbons (Fsp3) is 0.357. The molecule has 1 amide bonds. The fourth-order valence-electron chi connectivity index (χ4n) is 1.87. The number of hydrogen-bond donors (Lipinski definition) is 1. The highest BCUT2D eigenvalue weighted by atomic mass is 35.5. The number of carbonyl (C=O) groups excluding carboxylic acids is 1. The van der Waals surface area contributed by atoms with Crippen molar-refractivity contribution in [3.63, 3.8) is 0 Å². The average Bonchev–Trinajstić information content (AvgIpc) is 2.32. The standard InChI is InChI=1S/C14H19ClN2O3S/c1-5-6-17(21(4,19)20)9-13(18)16-14-11(3)7-10(2)8-12(14)15/h5,7-8H,1,6,9H2,2-4H3,(H,16,18). The number of aryl methyl sites for hydroxylation is 2. The lowest BCUT2D eigenvalue weighted by Crippen LogP contribution is -2.37. The molecule has 0 unspecified atom stereocenters. The summed E-state index contributed by atoms with van der Waals surface area (Å²) in [6.07, 6.45) is 2.48. The Bertz CT molecular complexity index is 633. The van der Waals surface area contributed by atoms with Gasteiger partial charge in [0.05, 0.1) is 23.5 Å². The van der Waals surface area contributed by atoms with Crippen molar-refractivity contribution in [2.45, 2.75) is 13.8 Å². The number of carbonyl (C=O) groups is 1. The first-order valence-corrected chi connectivity index (χ1v) is 8.50. The Morgan fingerprint density at radius 2 is 2.05 bits per heavy atom. The van der Waals surface area contributed by atoms with Crippen molar-refractivity contribution in [3.05, 3.63) is 40.9 Å². The van der Waals surface area contributed by atoms with E-state index < -0.39 is 15.9 Å². The second-order valence-electron chi connectivity index (χ2n) is 4.83. The number of anilines is 1. The Labute approximate surface area is 130 Å². The van der Waals surface area contributed by atoms with Crippen LogP contribution in [-0.2, 0) is 14.8 Å². The fourth-order valence-corrected chi connectivity index (χ4v) is 2.97. The molecule has 21 heavy (non-hydrogen) atoms. The average molecular weight is 331 g/mol. The van der Waals surface area contributed by atoms with E-state index in [9.17, 15) is 13.2 Å². The topological polar surface area (TPSA) is 66.5 Å². The lowest BCUT2D eigenvalue weighted by molar-refractivity contribution is -0.116. The summed E-state index contributed by atoms with van der Waals surface area (Å²) in [4.78, 5) is 12.0. The van der Waals surface area contributed by atoms with Crippen molar-refractivity contribution in [1.82, 2.24) is 4.31 Å². The summed E-state index contributed by atoms with van der Waals surface area (Å²) in [6.45, 7) is 7.01. The van der Waals surface area contributed by atoms with Crippen LogP contribution in [0.2, 0.25) is 5.02 Å². The van der Waals surface area contributed by atoms with Crippen LogP contribution < -0.4 is 5.32 Å². The first-order valence-electron chi connectivity index (χ1n) is 6.27. The minimum atomic E-state index is -3.47. The molecule has 0 atom stereocenters. The van der Waals surface area contributed by atoms with Crippen LogP contribution in [0, 0.1) is 13.8 Å². The Hall–Kier alpha value is -1.37. The van der Waals surface area contributed by atoms with Crippen molar-refractivity contribution in [1.29, 1.82) is 0 Å². The van der Waals surface area contributed by atoms with Gasteiger partial charge in [-0.05, 0) is 31.0 Å². The zero-order valence-corrected chi connectivity index (χ0v) is 13.9. The van der Waals surface area contributed by atoms with E-state index in [1.807, 2.05) is 19.9 Å². The summed E-state index contributed by atoms with van der Waals surface area (Å²) >= 11 is 6.10. The highest BCUT2D eigenvalue weighted by Gasteiger charge is 2.19. The SMILES string of the molecule is C=CCN(CC(=O)Nc1c(C)cc(C)cc1Cl)S(C)(=O)=O. The lowest BCUT2D eigenvalue weighted by Gasteiger charge is -2.18. The number of nitrogens with zero attached hydrogens (tertiary/aromatic N) is 1. The molecular weight excluding hydrogens is 312 g/mol. The molecule has 7 heteroatoms. The van der Waals surface area contributed by atoms with E-state index in [4.69, 9.17) is 11.6 Å². The molecule has 0 bridgehead atoms. The molecule has 0 radical (unpaired) electrons. The third-order valence-corrected chi connectivity index (χ3v) is 4.33. The summed E-state index contributed by atoms with van der Waals surface area (Å²) in [5, 5.41) is 3.08. The molecular formula is C14H19ClN2O3S. The van der Waals surface area contributed by atoms with Crippen LogP contribution in [0.5, 0.6) is 0 Å². The van der Waals surface area contributed by atoms with Gasteiger partial charge in [0, 0.05) is 6.54 Å². The van der Waals surface area contributed by atoms with Crippen LogP contribution in [0.3, 0.4) is 0 Å². The number of benzene rings is 1. The molecule has 0 spiro atoms. The van der Waals surface area contributed by atoms with Gasteiger partial charge >= 0.3 is 0 Å². The number of rotatable bonds is 6. The molecule has 0 aliphatic carbocycles. The Kier molecular flexibility index (Phi) is 5.95. The molecule has 0 fully saturated rings. The van der Waals surface area contributed by atoms with Gasteiger partial charge < -0.3 is 5.32 Å². The van der Waals surface area contributed by atoms with Gasteiger partial charge in [0.2, 0.25) is 15.9 Å². The van der Waals surface area contributed by atoms with Gasteiger partial charge in [-0.3, -0.25) is 4.79 Å². The summed E-state index contributed by atoms with van der Waals surface area (Å²) < 4.78 is 24.2. The van der Waals surface area contributed by atoms with Gasteiger partial charge in [-0.25, -0.2) is 8.42 Å².